The summed E-state index contributed by atoms with van der Waals surface area (Å²) in [7, 11) is 1.55. The molecule has 0 fully saturated rings. The largest absolute Gasteiger partial charge is 0.396 e. The quantitative estimate of drug-likeness (QED) is 0.626. The van der Waals surface area contributed by atoms with Crippen LogP contribution in [0.3, 0.4) is 0 Å². The van der Waals surface area contributed by atoms with Gasteiger partial charge in [-0.2, -0.15) is 5.10 Å². The summed E-state index contributed by atoms with van der Waals surface area (Å²) in [6.07, 6.45) is 3.14. The van der Waals surface area contributed by atoms with Crippen LogP contribution >= 0.6 is 0 Å². The lowest BCUT2D eigenvalue weighted by atomic mass is 10.1. The van der Waals surface area contributed by atoms with E-state index in [1.807, 2.05) is 0 Å². The number of nitrogens with two attached hydrogens (primary N) is 1. The molecule has 0 saturated heterocycles. The van der Waals surface area contributed by atoms with Crippen LogP contribution in [-0.4, -0.2) is 28.3 Å². The summed E-state index contributed by atoms with van der Waals surface area (Å²) < 4.78 is 1.56. The number of aromatic nitrogens is 2. The molecule has 0 aliphatic rings. The van der Waals surface area contributed by atoms with Gasteiger partial charge in [0.15, 0.2) is 0 Å². The Bertz CT molecular complexity index is 508. The van der Waals surface area contributed by atoms with Crippen LogP contribution in [-0.2, 0) is 4.79 Å². The van der Waals surface area contributed by atoms with Gasteiger partial charge in [0, 0.05) is 12.7 Å². The van der Waals surface area contributed by atoms with Crippen molar-refractivity contribution in [1.29, 1.82) is 0 Å². The Morgan fingerprint density at radius 1 is 1.65 bits per heavy atom. The van der Waals surface area contributed by atoms with E-state index in [1.165, 1.54) is 0 Å². The van der Waals surface area contributed by atoms with Gasteiger partial charge in [-0.3, -0.25) is 9.79 Å². The molecule has 0 aliphatic carbocycles. The third kappa shape index (κ3) is 2.50. The van der Waals surface area contributed by atoms with E-state index >= 15 is 0 Å². The lowest BCUT2D eigenvalue weighted by Gasteiger charge is -2.08. The number of aliphatic imine (C=N–C) groups is 1. The minimum atomic E-state index is -0.307. The number of allylic oxidation sites excluding steroid dienone is 3. The van der Waals surface area contributed by atoms with Crippen LogP contribution < -0.4 is 5.73 Å². The van der Waals surface area contributed by atoms with E-state index in [4.69, 9.17) is 5.73 Å². The zero-order chi connectivity index (χ0) is 13.0. The molecular weight excluding hydrogens is 216 g/mol. The SMILES string of the molecule is C=C(C)n1nccc1C(=NC)C(=O)/C(N)=C\C. The van der Waals surface area contributed by atoms with Crippen LogP contribution in [0.15, 0.2) is 35.6 Å². The third-order valence-electron chi connectivity index (χ3n) is 2.26. The molecule has 0 atom stereocenters. The number of hydrogen-bond acceptors (Lipinski definition) is 4. The number of carbonyl (C=O) groups excluding carboxylic acids is 1. The highest BCUT2D eigenvalue weighted by Crippen LogP contribution is 2.09. The zero-order valence-electron chi connectivity index (χ0n) is 10.3. The number of Topliss-reactive ketones (excluding diaryl/α,β-unsaturated/α-hetero) is 1. The summed E-state index contributed by atoms with van der Waals surface area (Å²) >= 11 is 0. The van der Waals surface area contributed by atoms with Crippen molar-refractivity contribution in [3.63, 3.8) is 0 Å². The first-order valence-corrected chi connectivity index (χ1v) is 5.16. The normalized spacial score (nSPS) is 12.6. The van der Waals surface area contributed by atoms with Crippen LogP contribution in [0, 0.1) is 0 Å². The smallest absolute Gasteiger partial charge is 0.228 e. The standard InChI is InChI=1S/C12H16N4O/c1-5-9(13)12(17)11(14-4)10-6-7-15-16(10)8(2)3/h5-7H,2,13H2,1,3-4H3/b9-5+,14-11?. The van der Waals surface area contributed by atoms with Crippen LogP contribution in [0.5, 0.6) is 0 Å². The van der Waals surface area contributed by atoms with Crippen molar-refractivity contribution in [2.45, 2.75) is 13.8 Å². The highest BCUT2D eigenvalue weighted by atomic mass is 16.1. The van der Waals surface area contributed by atoms with Crippen molar-refractivity contribution in [1.82, 2.24) is 9.78 Å². The third-order valence-corrected chi connectivity index (χ3v) is 2.26. The first-order chi connectivity index (χ1) is 8.02. The Morgan fingerprint density at radius 2 is 2.29 bits per heavy atom. The zero-order valence-corrected chi connectivity index (χ0v) is 10.3. The summed E-state index contributed by atoms with van der Waals surface area (Å²) in [5.41, 5.74) is 7.35. The lowest BCUT2D eigenvalue weighted by molar-refractivity contribution is -0.109. The van der Waals surface area contributed by atoms with Crippen molar-refractivity contribution in [2.75, 3.05) is 7.05 Å². The summed E-state index contributed by atoms with van der Waals surface area (Å²) in [5.74, 6) is -0.307. The molecule has 1 heterocycles. The van der Waals surface area contributed by atoms with Gasteiger partial charge in [0.2, 0.25) is 5.78 Å². The van der Waals surface area contributed by atoms with E-state index in [1.54, 1.807) is 43.9 Å². The Labute approximate surface area is 100 Å². The summed E-state index contributed by atoms with van der Waals surface area (Å²) in [6.45, 7) is 7.29. The van der Waals surface area contributed by atoms with Gasteiger partial charge in [-0.1, -0.05) is 12.7 Å². The molecule has 1 aromatic heterocycles. The molecule has 90 valence electrons. The molecule has 0 unspecified atom stereocenters. The van der Waals surface area contributed by atoms with Gasteiger partial charge in [0.25, 0.3) is 0 Å². The molecule has 0 saturated carbocycles. The lowest BCUT2D eigenvalue weighted by Crippen LogP contribution is -2.24. The predicted molar refractivity (Wildman–Crippen MR) is 68.6 cm³/mol. The fourth-order valence-corrected chi connectivity index (χ4v) is 1.39. The van der Waals surface area contributed by atoms with Gasteiger partial charge in [-0.15, -0.1) is 0 Å². The average molecular weight is 232 g/mol. The predicted octanol–water partition coefficient (Wildman–Crippen LogP) is 1.22. The van der Waals surface area contributed by atoms with Crippen LogP contribution in [0.1, 0.15) is 19.5 Å². The Balaban J connectivity index is 3.25. The Kier molecular flexibility index (Phi) is 3.98. The van der Waals surface area contributed by atoms with E-state index in [9.17, 15) is 4.79 Å². The molecule has 1 aromatic rings. The highest BCUT2D eigenvalue weighted by Gasteiger charge is 2.19. The van der Waals surface area contributed by atoms with E-state index < -0.39 is 0 Å². The fraction of sp³-hybridized carbons (Fsp3) is 0.250. The highest BCUT2D eigenvalue weighted by molar-refractivity contribution is 6.50. The summed E-state index contributed by atoms with van der Waals surface area (Å²) in [5, 5.41) is 4.08. The van der Waals surface area contributed by atoms with Gasteiger partial charge in [-0.05, 0) is 19.9 Å². The second kappa shape index (κ2) is 5.25. The minimum Gasteiger partial charge on any atom is -0.396 e. The van der Waals surface area contributed by atoms with Gasteiger partial charge in [0.1, 0.15) is 5.71 Å². The Hall–Kier alpha value is -2.17. The number of carbonyl (C=O) groups is 1. The second-order valence-corrected chi connectivity index (χ2v) is 3.51. The molecule has 2 N–H and O–H groups in total. The molecule has 17 heavy (non-hydrogen) atoms. The van der Waals surface area contributed by atoms with Gasteiger partial charge in [-0.25, -0.2) is 4.68 Å². The van der Waals surface area contributed by atoms with Gasteiger partial charge < -0.3 is 5.73 Å². The molecule has 1 rings (SSSR count). The first kappa shape index (κ1) is 12.9. The molecule has 0 bridgehead atoms. The fourth-order valence-electron chi connectivity index (χ4n) is 1.39. The van der Waals surface area contributed by atoms with E-state index in [2.05, 4.69) is 16.7 Å². The summed E-state index contributed by atoms with van der Waals surface area (Å²) in [6, 6.07) is 1.71. The second-order valence-electron chi connectivity index (χ2n) is 3.51. The van der Waals surface area contributed by atoms with Crippen molar-refractivity contribution in [3.8, 4) is 0 Å². The number of hydrogen-bond donors (Lipinski definition) is 1. The van der Waals surface area contributed by atoms with Crippen LogP contribution in [0.2, 0.25) is 0 Å². The van der Waals surface area contributed by atoms with Crippen molar-refractivity contribution >= 4 is 17.2 Å². The van der Waals surface area contributed by atoms with Gasteiger partial charge in [0.05, 0.1) is 17.6 Å². The maximum Gasteiger partial charge on any atom is 0.228 e. The molecule has 5 nitrogen and oxygen atoms in total. The maximum atomic E-state index is 12.0. The maximum absolute atomic E-state index is 12.0. The van der Waals surface area contributed by atoms with Gasteiger partial charge >= 0.3 is 0 Å². The number of rotatable bonds is 4. The van der Waals surface area contributed by atoms with Crippen LogP contribution in [0.25, 0.3) is 5.70 Å². The number of nitrogens with zero attached hydrogens (tertiary/aromatic N) is 3. The monoisotopic (exact) mass is 232 g/mol. The van der Waals surface area contributed by atoms with Crippen LogP contribution in [0.4, 0.5) is 0 Å². The van der Waals surface area contributed by atoms with E-state index in [0.717, 1.165) is 0 Å². The molecule has 5 heteroatoms. The summed E-state index contributed by atoms with van der Waals surface area (Å²) in [4.78, 5) is 16.0. The number of ketones is 1. The average Bonchev–Trinajstić information content (AvgIpc) is 2.78. The molecule has 0 spiro atoms. The minimum absolute atomic E-state index is 0.167. The first-order valence-electron chi connectivity index (χ1n) is 5.16. The molecule has 0 radical (unpaired) electrons. The van der Waals surface area contributed by atoms with E-state index in [0.29, 0.717) is 11.4 Å². The van der Waals surface area contributed by atoms with Crippen molar-refractivity contribution < 1.29 is 4.79 Å². The van der Waals surface area contributed by atoms with E-state index in [-0.39, 0.29) is 17.2 Å². The Morgan fingerprint density at radius 3 is 2.76 bits per heavy atom. The molecule has 0 aliphatic heterocycles. The molecule has 0 amide bonds. The van der Waals surface area contributed by atoms with Crippen molar-refractivity contribution in [2.24, 2.45) is 10.7 Å². The topological polar surface area (TPSA) is 73.3 Å². The van der Waals surface area contributed by atoms with Crippen molar-refractivity contribution in [3.05, 3.63) is 36.3 Å². The molecular formula is C12H16N4O. The molecule has 0 aromatic carbocycles.